The molecule has 1 aromatic carbocycles. The number of hydrogen-bond acceptors (Lipinski definition) is 7. The second-order valence-electron chi connectivity index (χ2n) is 6.86. The number of amides is 1. The lowest BCUT2D eigenvalue weighted by molar-refractivity contribution is -0.138. The van der Waals surface area contributed by atoms with Gasteiger partial charge in [-0.05, 0) is 44.5 Å². The third-order valence-electron chi connectivity index (χ3n) is 4.64. The second kappa shape index (κ2) is 12.6. The van der Waals surface area contributed by atoms with Crippen molar-refractivity contribution in [1.29, 1.82) is 0 Å². The molecule has 178 valence electrons. The number of thiazole rings is 1. The normalized spacial score (nSPS) is 12.0. The molecular weight excluding hydrogens is 448 g/mol. The molecule has 0 spiro atoms. The number of aromatic nitrogens is 1. The van der Waals surface area contributed by atoms with Gasteiger partial charge in [0.1, 0.15) is 17.0 Å². The minimum absolute atomic E-state index is 0.0572. The van der Waals surface area contributed by atoms with Crippen molar-refractivity contribution < 1.29 is 29.0 Å². The Balaban J connectivity index is 2.40. The number of esters is 1. The van der Waals surface area contributed by atoms with E-state index in [9.17, 15) is 19.2 Å². The van der Waals surface area contributed by atoms with Gasteiger partial charge < -0.3 is 19.5 Å². The Hall–Kier alpha value is -3.40. The second-order valence-corrected chi connectivity index (χ2v) is 7.93. The van der Waals surface area contributed by atoms with Crippen LogP contribution in [0.15, 0.2) is 29.1 Å². The molecule has 0 aliphatic rings. The molecule has 0 bridgehead atoms. The highest BCUT2D eigenvalue weighted by Gasteiger charge is 2.15. The lowest BCUT2D eigenvalue weighted by Crippen LogP contribution is -2.40. The van der Waals surface area contributed by atoms with Crippen molar-refractivity contribution in [1.82, 2.24) is 9.47 Å². The van der Waals surface area contributed by atoms with E-state index in [1.807, 2.05) is 13.8 Å². The minimum Gasteiger partial charge on any atom is -0.493 e. The van der Waals surface area contributed by atoms with Crippen LogP contribution in [0.3, 0.4) is 0 Å². The summed E-state index contributed by atoms with van der Waals surface area (Å²) in [5, 5.41) is 8.68. The van der Waals surface area contributed by atoms with E-state index in [-0.39, 0.29) is 37.6 Å². The van der Waals surface area contributed by atoms with Gasteiger partial charge in [-0.15, -0.1) is 11.3 Å². The average molecular weight is 477 g/mol. The molecule has 0 saturated heterocycles. The number of carbonyl (C=O) groups excluding carboxylic acids is 2. The van der Waals surface area contributed by atoms with Gasteiger partial charge in [-0.3, -0.25) is 19.0 Å². The molecule has 2 rings (SSSR count). The number of nitrogens with zero attached hydrogens (tertiary/aromatic N) is 2. The van der Waals surface area contributed by atoms with Crippen LogP contribution in [0.25, 0.3) is 12.2 Å². The van der Waals surface area contributed by atoms with Crippen LogP contribution in [0.1, 0.15) is 32.8 Å². The third-order valence-corrected chi connectivity index (χ3v) is 5.70. The zero-order valence-electron chi connectivity index (χ0n) is 18.9. The van der Waals surface area contributed by atoms with Crippen molar-refractivity contribution >= 4 is 41.3 Å². The van der Waals surface area contributed by atoms with Crippen molar-refractivity contribution in [2.45, 2.75) is 33.7 Å². The summed E-state index contributed by atoms with van der Waals surface area (Å²) in [6.45, 7) is 6.52. The highest BCUT2D eigenvalue weighted by Crippen LogP contribution is 2.12. The monoisotopic (exact) mass is 476 g/mol. The molecule has 9 nitrogen and oxygen atoms in total. The first-order valence-corrected chi connectivity index (χ1v) is 11.4. The molecule has 0 radical (unpaired) electrons. The summed E-state index contributed by atoms with van der Waals surface area (Å²) in [6, 6.07) is 6.81. The maximum Gasteiger partial charge on any atom is 0.333 e. The zero-order chi connectivity index (χ0) is 24.4. The van der Waals surface area contributed by atoms with Crippen molar-refractivity contribution in [2.75, 3.05) is 26.3 Å². The van der Waals surface area contributed by atoms with E-state index >= 15 is 0 Å². The summed E-state index contributed by atoms with van der Waals surface area (Å²) in [6.07, 6.45) is 2.78. The van der Waals surface area contributed by atoms with E-state index in [2.05, 4.69) is 0 Å². The Bertz CT molecular complexity index is 1140. The molecule has 1 amide bonds. The molecule has 1 N–H and O–H groups in total. The number of ether oxygens (including phenoxy) is 2. The fourth-order valence-electron chi connectivity index (χ4n) is 2.96. The molecule has 1 heterocycles. The Morgan fingerprint density at radius 3 is 2.36 bits per heavy atom. The van der Waals surface area contributed by atoms with Gasteiger partial charge in [0.15, 0.2) is 0 Å². The number of aliphatic carboxylic acids is 1. The molecule has 0 unspecified atom stereocenters. The minimum atomic E-state index is -0.941. The van der Waals surface area contributed by atoms with Crippen LogP contribution < -0.4 is 19.5 Å². The fraction of sp³-hybridized carbons (Fsp3) is 0.391. The number of carboxylic acid groups (broad SMARTS) is 1. The maximum atomic E-state index is 13.1. The number of rotatable bonds is 11. The average Bonchev–Trinajstić information content (AvgIpc) is 3.04. The number of carbonyl (C=O) groups is 3. The highest BCUT2D eigenvalue weighted by atomic mass is 32.1. The molecule has 0 aliphatic heterocycles. The molecule has 2 aromatic rings. The topological polar surface area (TPSA) is 115 Å². The van der Waals surface area contributed by atoms with Gasteiger partial charge in [-0.25, -0.2) is 4.79 Å². The van der Waals surface area contributed by atoms with Crippen LogP contribution in [0, 0.1) is 0 Å². The van der Waals surface area contributed by atoms with Crippen molar-refractivity contribution in [3.05, 3.63) is 49.4 Å². The predicted molar refractivity (Wildman–Crippen MR) is 125 cm³/mol. The summed E-state index contributed by atoms with van der Waals surface area (Å²) < 4.78 is 12.3. The standard InChI is InChI=1S/C23H28N2O7S/c1-4-24(5-2)19(26)15-25-20(14-22(29)31-6-3)33-18(23(25)30)13-16-7-9-17(10-8-16)32-12-11-21(27)28/h7-10,13-14H,4-6,11-12,15H2,1-3H3,(H,27,28)/b18-13+,20-14+. The molecular formula is C23H28N2O7S. The van der Waals surface area contributed by atoms with E-state index in [0.717, 1.165) is 11.3 Å². The molecule has 1 aromatic heterocycles. The zero-order valence-corrected chi connectivity index (χ0v) is 19.7. The van der Waals surface area contributed by atoms with E-state index in [4.69, 9.17) is 14.6 Å². The van der Waals surface area contributed by atoms with Crippen LogP contribution in [0.4, 0.5) is 0 Å². The Morgan fingerprint density at radius 2 is 1.79 bits per heavy atom. The smallest absolute Gasteiger partial charge is 0.333 e. The predicted octanol–water partition coefficient (Wildman–Crippen LogP) is 0.804. The quantitative estimate of drug-likeness (QED) is 0.477. The number of carboxylic acids is 1. The summed E-state index contributed by atoms with van der Waals surface area (Å²) in [5.41, 5.74) is 0.335. The summed E-state index contributed by atoms with van der Waals surface area (Å²) >= 11 is 1.10. The molecule has 0 saturated carbocycles. The van der Waals surface area contributed by atoms with Crippen LogP contribution in [-0.4, -0.2) is 58.7 Å². The number of benzene rings is 1. The van der Waals surface area contributed by atoms with Crippen molar-refractivity contribution in [3.63, 3.8) is 0 Å². The van der Waals surface area contributed by atoms with Crippen LogP contribution in [-0.2, 0) is 25.7 Å². The SMILES string of the molecule is CCOC(=O)/C=c1/s/c(=C/c2ccc(OCCC(=O)O)cc2)c(=O)n1CC(=O)N(CC)CC. The van der Waals surface area contributed by atoms with Gasteiger partial charge in [-0.1, -0.05) is 12.1 Å². The number of likely N-dealkylation sites (N-methyl/N-ethyl adjacent to an activating group) is 1. The first kappa shape index (κ1) is 25.9. The van der Waals surface area contributed by atoms with Gasteiger partial charge in [0.05, 0.1) is 30.2 Å². The lowest BCUT2D eigenvalue weighted by Gasteiger charge is -2.18. The molecule has 0 aliphatic carbocycles. The van der Waals surface area contributed by atoms with Gasteiger partial charge in [0, 0.05) is 13.1 Å². The van der Waals surface area contributed by atoms with E-state index in [1.165, 1.54) is 10.6 Å². The maximum absolute atomic E-state index is 13.1. The molecule has 10 heteroatoms. The van der Waals surface area contributed by atoms with E-state index in [1.54, 1.807) is 42.2 Å². The molecule has 0 fully saturated rings. The van der Waals surface area contributed by atoms with Crippen LogP contribution >= 0.6 is 11.3 Å². The van der Waals surface area contributed by atoms with Gasteiger partial charge in [0.2, 0.25) is 5.91 Å². The first-order chi connectivity index (χ1) is 15.8. The number of hydrogen-bond donors (Lipinski definition) is 1. The van der Waals surface area contributed by atoms with Crippen LogP contribution in [0.5, 0.6) is 5.75 Å². The summed E-state index contributed by atoms with van der Waals surface area (Å²) in [5.74, 6) is -1.23. The van der Waals surface area contributed by atoms with Gasteiger partial charge >= 0.3 is 11.9 Å². The Labute approximate surface area is 195 Å². The lowest BCUT2D eigenvalue weighted by atomic mass is 10.2. The van der Waals surface area contributed by atoms with Gasteiger partial charge in [-0.2, -0.15) is 0 Å². The first-order valence-electron chi connectivity index (χ1n) is 10.6. The van der Waals surface area contributed by atoms with E-state index in [0.29, 0.717) is 33.6 Å². The molecule has 33 heavy (non-hydrogen) atoms. The molecule has 0 atom stereocenters. The van der Waals surface area contributed by atoms with Crippen LogP contribution in [0.2, 0.25) is 0 Å². The Kier molecular flexibility index (Phi) is 9.86. The Morgan fingerprint density at radius 1 is 1.12 bits per heavy atom. The van der Waals surface area contributed by atoms with Gasteiger partial charge in [0.25, 0.3) is 5.56 Å². The third kappa shape index (κ3) is 7.60. The highest BCUT2D eigenvalue weighted by molar-refractivity contribution is 7.07. The largest absolute Gasteiger partial charge is 0.493 e. The fourth-order valence-corrected chi connectivity index (χ4v) is 3.99. The summed E-state index contributed by atoms with van der Waals surface area (Å²) in [7, 11) is 0. The van der Waals surface area contributed by atoms with Crippen molar-refractivity contribution in [2.24, 2.45) is 0 Å². The summed E-state index contributed by atoms with van der Waals surface area (Å²) in [4.78, 5) is 49.9. The van der Waals surface area contributed by atoms with Crippen molar-refractivity contribution in [3.8, 4) is 5.75 Å². The van der Waals surface area contributed by atoms with E-state index < -0.39 is 11.9 Å².